The lowest BCUT2D eigenvalue weighted by Crippen LogP contribution is -2.50. The molecule has 2 aromatic carbocycles. The molecule has 1 aliphatic rings. The van der Waals surface area contributed by atoms with Crippen LogP contribution >= 0.6 is 0 Å². The van der Waals surface area contributed by atoms with Crippen molar-refractivity contribution in [3.8, 4) is 0 Å². The molecule has 0 spiro atoms. The number of rotatable bonds is 3. The summed E-state index contributed by atoms with van der Waals surface area (Å²) in [5.74, 6) is -0.413. The Bertz CT molecular complexity index is 725. The number of fused-ring (bicyclic) bond motifs is 1. The van der Waals surface area contributed by atoms with E-state index in [0.29, 0.717) is 12.1 Å². The number of nitrogens with zero attached hydrogens (tertiary/aromatic N) is 1. The van der Waals surface area contributed by atoms with Crippen LogP contribution in [0.2, 0.25) is 0 Å². The van der Waals surface area contributed by atoms with E-state index in [0.717, 1.165) is 11.4 Å². The summed E-state index contributed by atoms with van der Waals surface area (Å²) in [6.45, 7) is 3.84. The molecule has 1 N–H and O–H groups in total. The first-order chi connectivity index (χ1) is 10.7. The average Bonchev–Trinajstić information content (AvgIpc) is 2.58. The fourth-order valence-corrected chi connectivity index (χ4v) is 2.66. The van der Waals surface area contributed by atoms with E-state index < -0.39 is 6.04 Å². The maximum absolute atomic E-state index is 12.6. The Kier molecular flexibility index (Phi) is 3.74. The van der Waals surface area contributed by atoms with E-state index in [-0.39, 0.29) is 11.7 Å². The molecule has 2 aromatic rings. The van der Waals surface area contributed by atoms with Crippen molar-refractivity contribution in [1.29, 1.82) is 0 Å². The quantitative estimate of drug-likeness (QED) is 0.885. The van der Waals surface area contributed by atoms with E-state index >= 15 is 0 Å². The summed E-state index contributed by atoms with van der Waals surface area (Å²) in [5.41, 5.74) is 2.47. The normalized spacial score (nSPS) is 16.8. The maximum Gasteiger partial charge on any atom is 0.244 e. The molecule has 0 fully saturated rings. The Labute approximate surface area is 129 Å². The number of amides is 1. The third-order valence-corrected chi connectivity index (χ3v) is 3.71. The number of para-hydroxylation sites is 2. The molecule has 22 heavy (non-hydrogen) atoms. The van der Waals surface area contributed by atoms with Gasteiger partial charge in [-0.25, -0.2) is 0 Å². The van der Waals surface area contributed by atoms with Crippen molar-refractivity contribution in [3.63, 3.8) is 0 Å². The molecular weight excluding hydrogens is 276 g/mol. The van der Waals surface area contributed by atoms with Crippen molar-refractivity contribution >= 4 is 23.1 Å². The fourth-order valence-electron chi connectivity index (χ4n) is 2.66. The van der Waals surface area contributed by atoms with Crippen LogP contribution in [0.25, 0.3) is 0 Å². The van der Waals surface area contributed by atoms with Crippen molar-refractivity contribution in [2.45, 2.75) is 6.04 Å². The number of hydrogen-bond donors (Lipinski definition) is 1. The number of carbonyl (C=O) groups is 2. The second kappa shape index (κ2) is 5.85. The predicted octanol–water partition coefficient (Wildman–Crippen LogP) is 2.69. The Morgan fingerprint density at radius 3 is 2.55 bits per heavy atom. The van der Waals surface area contributed by atoms with Gasteiger partial charge in [0, 0.05) is 11.3 Å². The molecule has 110 valence electrons. The van der Waals surface area contributed by atoms with Gasteiger partial charge in [-0.2, -0.15) is 0 Å². The van der Waals surface area contributed by atoms with Crippen LogP contribution in [0, 0.1) is 0 Å². The molecule has 1 unspecified atom stereocenters. The van der Waals surface area contributed by atoms with Crippen LogP contribution in [0.4, 0.5) is 11.4 Å². The molecule has 0 aromatic heterocycles. The number of hydrogen-bond acceptors (Lipinski definition) is 3. The van der Waals surface area contributed by atoms with Gasteiger partial charge in [-0.3, -0.25) is 9.59 Å². The van der Waals surface area contributed by atoms with E-state index in [1.54, 1.807) is 6.07 Å². The van der Waals surface area contributed by atoms with E-state index in [1.807, 2.05) is 53.4 Å². The van der Waals surface area contributed by atoms with Crippen molar-refractivity contribution in [3.05, 3.63) is 72.8 Å². The largest absolute Gasteiger partial charge is 0.341 e. The van der Waals surface area contributed by atoms with Crippen LogP contribution in [0.1, 0.15) is 10.4 Å². The summed E-state index contributed by atoms with van der Waals surface area (Å²) in [6, 6.07) is 16.7. The number of anilines is 2. The van der Waals surface area contributed by atoms with Crippen LogP contribution in [0.5, 0.6) is 0 Å². The summed E-state index contributed by atoms with van der Waals surface area (Å²) in [7, 11) is 0. The Morgan fingerprint density at radius 1 is 1.14 bits per heavy atom. The van der Waals surface area contributed by atoms with Gasteiger partial charge in [-0.15, -0.1) is 0 Å². The number of nitrogens with one attached hydrogen (secondary N) is 1. The summed E-state index contributed by atoms with van der Waals surface area (Å²) >= 11 is 0. The molecule has 4 heteroatoms. The van der Waals surface area contributed by atoms with E-state index in [1.165, 1.54) is 6.08 Å². The minimum Gasteiger partial charge on any atom is -0.341 e. The molecule has 4 nitrogen and oxygen atoms in total. The standard InChI is InChI=1S/C18H16N2O2/c1-2-17(21)19-15-12-20(13-8-4-3-5-9-13)16-11-7-6-10-14(16)18(15)22/h2-11,15H,1,12H2,(H,19,21). The lowest BCUT2D eigenvalue weighted by atomic mass is 9.95. The van der Waals surface area contributed by atoms with Crippen molar-refractivity contribution < 1.29 is 9.59 Å². The second-order valence-electron chi connectivity index (χ2n) is 5.09. The highest BCUT2D eigenvalue weighted by molar-refractivity contribution is 6.09. The van der Waals surface area contributed by atoms with Crippen LogP contribution in [-0.2, 0) is 4.79 Å². The van der Waals surface area contributed by atoms with Gasteiger partial charge in [0.05, 0.1) is 12.2 Å². The first-order valence-corrected chi connectivity index (χ1v) is 7.09. The van der Waals surface area contributed by atoms with E-state index in [4.69, 9.17) is 0 Å². The van der Waals surface area contributed by atoms with Gasteiger partial charge in [0.2, 0.25) is 5.91 Å². The lowest BCUT2D eigenvalue weighted by Gasteiger charge is -2.35. The number of benzene rings is 2. The molecule has 0 aliphatic carbocycles. The lowest BCUT2D eigenvalue weighted by molar-refractivity contribution is -0.116. The van der Waals surface area contributed by atoms with Crippen molar-refractivity contribution in [1.82, 2.24) is 5.32 Å². The first-order valence-electron chi connectivity index (χ1n) is 7.09. The third kappa shape index (κ3) is 2.51. The van der Waals surface area contributed by atoms with Crippen LogP contribution in [0.3, 0.4) is 0 Å². The first kappa shape index (κ1) is 14.1. The Balaban J connectivity index is 2.03. The van der Waals surface area contributed by atoms with Crippen molar-refractivity contribution in [2.75, 3.05) is 11.4 Å². The molecule has 0 saturated carbocycles. The highest BCUT2D eigenvalue weighted by atomic mass is 16.2. The zero-order valence-electron chi connectivity index (χ0n) is 12.0. The van der Waals surface area contributed by atoms with Gasteiger partial charge in [0.1, 0.15) is 6.04 Å². The zero-order valence-corrected chi connectivity index (χ0v) is 12.0. The molecular formula is C18H16N2O2. The Hall–Kier alpha value is -2.88. The summed E-state index contributed by atoms with van der Waals surface area (Å²) < 4.78 is 0. The smallest absolute Gasteiger partial charge is 0.244 e. The van der Waals surface area contributed by atoms with Gasteiger partial charge < -0.3 is 10.2 Å². The molecule has 0 bridgehead atoms. The maximum atomic E-state index is 12.6. The number of Topliss-reactive ketones (excluding diaryl/α,β-unsaturated/α-hetero) is 1. The average molecular weight is 292 g/mol. The molecule has 0 saturated heterocycles. The number of ketones is 1. The second-order valence-corrected chi connectivity index (χ2v) is 5.09. The van der Waals surface area contributed by atoms with Gasteiger partial charge >= 0.3 is 0 Å². The molecule has 1 aliphatic heterocycles. The minimum absolute atomic E-state index is 0.0713. The molecule has 0 radical (unpaired) electrons. The minimum atomic E-state index is -0.583. The molecule has 1 amide bonds. The third-order valence-electron chi connectivity index (χ3n) is 3.71. The highest BCUT2D eigenvalue weighted by Gasteiger charge is 2.32. The Morgan fingerprint density at radius 2 is 1.82 bits per heavy atom. The van der Waals surface area contributed by atoms with Gasteiger partial charge in [0.15, 0.2) is 5.78 Å². The van der Waals surface area contributed by atoms with Crippen LogP contribution in [-0.4, -0.2) is 24.3 Å². The number of carbonyl (C=O) groups excluding carboxylic acids is 2. The fraction of sp³-hybridized carbons (Fsp3) is 0.111. The summed E-state index contributed by atoms with van der Waals surface area (Å²) in [4.78, 5) is 26.2. The molecule has 1 heterocycles. The monoisotopic (exact) mass is 292 g/mol. The molecule has 1 atom stereocenters. The van der Waals surface area contributed by atoms with Gasteiger partial charge in [-0.1, -0.05) is 36.9 Å². The van der Waals surface area contributed by atoms with E-state index in [9.17, 15) is 9.59 Å². The zero-order chi connectivity index (χ0) is 15.5. The van der Waals surface area contributed by atoms with Crippen molar-refractivity contribution in [2.24, 2.45) is 0 Å². The molecule has 3 rings (SSSR count). The van der Waals surface area contributed by atoms with Crippen LogP contribution < -0.4 is 10.2 Å². The van der Waals surface area contributed by atoms with Crippen LogP contribution in [0.15, 0.2) is 67.3 Å². The predicted molar refractivity (Wildman–Crippen MR) is 86.3 cm³/mol. The highest BCUT2D eigenvalue weighted by Crippen LogP contribution is 2.33. The topological polar surface area (TPSA) is 49.4 Å². The van der Waals surface area contributed by atoms with E-state index in [2.05, 4.69) is 11.9 Å². The summed E-state index contributed by atoms with van der Waals surface area (Å²) in [6.07, 6.45) is 1.18. The van der Waals surface area contributed by atoms with Gasteiger partial charge in [0.25, 0.3) is 0 Å². The SMILES string of the molecule is C=CC(=O)NC1CN(c2ccccc2)c2ccccc2C1=O. The summed E-state index contributed by atoms with van der Waals surface area (Å²) in [5, 5.41) is 2.71. The van der Waals surface area contributed by atoms with Gasteiger partial charge in [-0.05, 0) is 30.3 Å².